The number of nitrogens with zero attached hydrogens (tertiary/aromatic N) is 2. The molecule has 0 unspecified atom stereocenters. The molecule has 1 amide bonds. The lowest BCUT2D eigenvalue weighted by Crippen LogP contribution is -2.42. The Labute approximate surface area is 209 Å². The number of aromatic nitrogens is 1. The second kappa shape index (κ2) is 10.5. The van der Waals surface area contributed by atoms with Crippen molar-refractivity contribution in [3.05, 3.63) is 57.9 Å². The first-order valence-electron chi connectivity index (χ1n) is 11.8. The van der Waals surface area contributed by atoms with Crippen molar-refractivity contribution >= 4 is 23.4 Å². The average molecular weight is 498 g/mol. The van der Waals surface area contributed by atoms with E-state index in [0.29, 0.717) is 47.9 Å². The van der Waals surface area contributed by atoms with E-state index in [1.165, 1.54) is 19.1 Å². The van der Waals surface area contributed by atoms with Crippen molar-refractivity contribution in [1.82, 2.24) is 14.8 Å². The number of likely N-dealkylation sites (tertiary alicyclic amines) is 1. The van der Waals surface area contributed by atoms with Gasteiger partial charge in [0.2, 0.25) is 0 Å². The molecule has 1 aromatic heterocycles. The molecule has 4 rings (SSSR count). The second-order valence-corrected chi connectivity index (χ2v) is 8.81. The first-order chi connectivity index (χ1) is 17.3. The van der Waals surface area contributed by atoms with Crippen LogP contribution in [0.4, 0.5) is 0 Å². The first kappa shape index (κ1) is 25.5. The summed E-state index contributed by atoms with van der Waals surface area (Å²) in [5, 5.41) is 11.5. The zero-order valence-electron chi connectivity index (χ0n) is 20.9. The molecule has 2 saturated heterocycles. The number of carbonyl (C=O) groups excluding carboxylic acids is 3. The third-order valence-corrected chi connectivity index (χ3v) is 6.80. The fraction of sp³-hybridized carbons (Fsp3) is 0.423. The number of aryl methyl sites for hydroxylation is 1. The van der Waals surface area contributed by atoms with E-state index in [4.69, 9.17) is 14.2 Å². The maximum Gasteiger partial charge on any atom is 0.354 e. The van der Waals surface area contributed by atoms with Crippen LogP contribution in [-0.4, -0.2) is 91.2 Å². The molecule has 2 aliphatic heterocycles. The van der Waals surface area contributed by atoms with E-state index in [2.05, 4.69) is 9.88 Å². The smallest absolute Gasteiger partial charge is 0.354 e. The molecular formula is C26H31N3O7. The van der Waals surface area contributed by atoms with Crippen LogP contribution in [0.5, 0.6) is 5.75 Å². The molecule has 2 aromatic rings. The molecule has 3 heterocycles. The average Bonchev–Trinajstić information content (AvgIpc) is 3.33. The molecule has 10 nitrogen and oxygen atoms in total. The summed E-state index contributed by atoms with van der Waals surface area (Å²) in [6.07, 6.45) is 0. The minimum absolute atomic E-state index is 0.0481. The van der Waals surface area contributed by atoms with Crippen molar-refractivity contribution in [2.24, 2.45) is 0 Å². The molecule has 0 saturated carbocycles. The number of Topliss-reactive ketones (excluding diaryl/α,β-unsaturated/α-hetero) is 1. The summed E-state index contributed by atoms with van der Waals surface area (Å²) in [6.45, 7) is 6.87. The van der Waals surface area contributed by atoms with Crippen molar-refractivity contribution < 1.29 is 33.7 Å². The molecule has 1 aromatic carbocycles. The monoisotopic (exact) mass is 497 g/mol. The summed E-state index contributed by atoms with van der Waals surface area (Å²) in [4.78, 5) is 45.5. The molecule has 0 radical (unpaired) electrons. The zero-order valence-corrected chi connectivity index (χ0v) is 20.9. The van der Waals surface area contributed by atoms with E-state index in [1.54, 1.807) is 38.1 Å². The van der Waals surface area contributed by atoms with E-state index in [-0.39, 0.29) is 23.6 Å². The summed E-state index contributed by atoms with van der Waals surface area (Å²) >= 11 is 0. The highest BCUT2D eigenvalue weighted by Crippen LogP contribution is 2.43. The highest BCUT2D eigenvalue weighted by molar-refractivity contribution is 6.46. The van der Waals surface area contributed by atoms with Crippen LogP contribution in [0.2, 0.25) is 0 Å². The summed E-state index contributed by atoms with van der Waals surface area (Å²) in [7, 11) is 2.78. The van der Waals surface area contributed by atoms with Gasteiger partial charge in [-0.15, -0.1) is 0 Å². The molecule has 36 heavy (non-hydrogen) atoms. The number of morpholine rings is 1. The number of rotatable bonds is 7. The highest BCUT2D eigenvalue weighted by Gasteiger charge is 2.47. The van der Waals surface area contributed by atoms with E-state index in [1.807, 2.05) is 0 Å². The van der Waals surface area contributed by atoms with Crippen LogP contribution in [0.1, 0.15) is 38.9 Å². The van der Waals surface area contributed by atoms with E-state index < -0.39 is 23.7 Å². The lowest BCUT2D eigenvalue weighted by molar-refractivity contribution is -0.140. The Balaban J connectivity index is 1.84. The predicted molar refractivity (Wildman–Crippen MR) is 131 cm³/mol. The van der Waals surface area contributed by atoms with Crippen LogP contribution in [0.25, 0.3) is 5.76 Å². The number of benzene rings is 1. The fourth-order valence-electron chi connectivity index (χ4n) is 4.95. The number of ether oxygens (including phenoxy) is 3. The van der Waals surface area contributed by atoms with Crippen molar-refractivity contribution in [3.8, 4) is 5.75 Å². The maximum absolute atomic E-state index is 13.4. The normalized spacial score (nSPS) is 20.1. The minimum Gasteiger partial charge on any atom is -0.507 e. The molecule has 0 aliphatic carbocycles. The SMILES string of the molecule is COC(=O)c1[nH]c(C)c(/C(O)=C2\C(=O)C(=O)N(CCN3CCOCC3)[C@H]2c2ccccc2OC)c1C. The standard InChI is InChI=1S/C26H31N3O7/c1-15-19(16(2)27-21(15)26(33)35-4)23(30)20-22(17-7-5-6-8-18(17)34-3)29(25(32)24(20)31)10-9-28-11-13-36-14-12-28/h5-8,22,27,30H,9-14H2,1-4H3/b23-20+/t22-/m0/s1. The Kier molecular flexibility index (Phi) is 7.46. The molecule has 0 spiro atoms. The van der Waals surface area contributed by atoms with Gasteiger partial charge < -0.3 is 29.2 Å². The summed E-state index contributed by atoms with van der Waals surface area (Å²) in [6, 6.07) is 6.26. The Bertz CT molecular complexity index is 1210. The minimum atomic E-state index is -0.863. The number of hydrogen-bond donors (Lipinski definition) is 2. The van der Waals surface area contributed by atoms with E-state index >= 15 is 0 Å². The van der Waals surface area contributed by atoms with Gasteiger partial charge in [-0.3, -0.25) is 14.5 Å². The van der Waals surface area contributed by atoms with Gasteiger partial charge in [0.1, 0.15) is 17.2 Å². The van der Waals surface area contributed by atoms with Gasteiger partial charge in [0.15, 0.2) is 0 Å². The second-order valence-electron chi connectivity index (χ2n) is 8.81. The summed E-state index contributed by atoms with van der Waals surface area (Å²) in [5.74, 6) is -1.93. The Morgan fingerprint density at radius 1 is 1.14 bits per heavy atom. The van der Waals surface area contributed by atoms with Crippen LogP contribution in [0.15, 0.2) is 29.8 Å². The molecule has 1 atom stereocenters. The summed E-state index contributed by atoms with van der Waals surface area (Å²) in [5.41, 5.74) is 1.90. The molecule has 2 fully saturated rings. The van der Waals surface area contributed by atoms with Gasteiger partial charge in [-0.2, -0.15) is 0 Å². The van der Waals surface area contributed by atoms with Gasteiger partial charge >= 0.3 is 5.97 Å². The lowest BCUT2D eigenvalue weighted by atomic mass is 9.93. The van der Waals surface area contributed by atoms with Gasteiger partial charge in [-0.1, -0.05) is 18.2 Å². The van der Waals surface area contributed by atoms with E-state index in [9.17, 15) is 19.5 Å². The van der Waals surface area contributed by atoms with Crippen LogP contribution < -0.4 is 4.74 Å². The Morgan fingerprint density at radius 3 is 2.50 bits per heavy atom. The number of para-hydroxylation sites is 1. The van der Waals surface area contributed by atoms with Crippen molar-refractivity contribution in [2.45, 2.75) is 19.9 Å². The number of amides is 1. The number of aromatic amines is 1. The maximum atomic E-state index is 13.4. The zero-order chi connectivity index (χ0) is 26.0. The third kappa shape index (κ3) is 4.49. The molecule has 2 aliphatic rings. The molecular weight excluding hydrogens is 466 g/mol. The summed E-state index contributed by atoms with van der Waals surface area (Å²) < 4.78 is 15.8. The quantitative estimate of drug-likeness (QED) is 0.258. The Hall–Kier alpha value is -3.63. The van der Waals surface area contributed by atoms with Crippen LogP contribution in [0, 0.1) is 13.8 Å². The number of ketones is 1. The fourth-order valence-corrected chi connectivity index (χ4v) is 4.95. The largest absolute Gasteiger partial charge is 0.507 e. The number of aliphatic hydroxyl groups excluding tert-OH is 1. The lowest BCUT2D eigenvalue weighted by Gasteiger charge is -2.31. The van der Waals surface area contributed by atoms with E-state index in [0.717, 1.165) is 13.1 Å². The van der Waals surface area contributed by atoms with Gasteiger partial charge in [-0.05, 0) is 25.5 Å². The number of esters is 1. The molecule has 0 bridgehead atoms. The number of methoxy groups -OCH3 is 2. The van der Waals surface area contributed by atoms with Crippen molar-refractivity contribution in [3.63, 3.8) is 0 Å². The van der Waals surface area contributed by atoms with Gasteiger partial charge in [0, 0.05) is 43.0 Å². The van der Waals surface area contributed by atoms with Crippen molar-refractivity contribution in [1.29, 1.82) is 0 Å². The molecule has 192 valence electrons. The predicted octanol–water partition coefficient (Wildman–Crippen LogP) is 2.18. The molecule has 2 N–H and O–H groups in total. The number of aliphatic hydroxyl groups is 1. The van der Waals surface area contributed by atoms with Crippen LogP contribution in [0.3, 0.4) is 0 Å². The van der Waals surface area contributed by atoms with Crippen molar-refractivity contribution in [2.75, 3.05) is 53.6 Å². The Morgan fingerprint density at radius 2 is 1.83 bits per heavy atom. The first-order valence-corrected chi connectivity index (χ1v) is 11.8. The van der Waals surface area contributed by atoms with Crippen LogP contribution >= 0.6 is 0 Å². The highest BCUT2D eigenvalue weighted by atomic mass is 16.5. The van der Waals surface area contributed by atoms with Gasteiger partial charge in [0.05, 0.1) is 39.0 Å². The number of nitrogens with one attached hydrogen (secondary N) is 1. The topological polar surface area (TPSA) is 121 Å². The molecule has 10 heteroatoms. The van der Waals surface area contributed by atoms with Gasteiger partial charge in [0.25, 0.3) is 11.7 Å². The number of carbonyl (C=O) groups is 3. The van der Waals surface area contributed by atoms with Crippen LogP contribution in [-0.2, 0) is 19.1 Å². The van der Waals surface area contributed by atoms with Gasteiger partial charge in [-0.25, -0.2) is 4.79 Å². The number of H-pyrrole nitrogens is 1. The number of hydrogen-bond acceptors (Lipinski definition) is 8. The third-order valence-electron chi connectivity index (χ3n) is 6.80.